The van der Waals surface area contributed by atoms with Crippen LogP contribution in [-0.4, -0.2) is 59.9 Å². The second-order valence-electron chi connectivity index (χ2n) is 9.33. The zero-order chi connectivity index (χ0) is 22.5. The van der Waals surface area contributed by atoms with E-state index in [4.69, 9.17) is 4.42 Å². The summed E-state index contributed by atoms with van der Waals surface area (Å²) in [7, 11) is 0. The van der Waals surface area contributed by atoms with Gasteiger partial charge in [-0.1, -0.05) is 30.3 Å². The SMILES string of the molecule is Cc1ccc(C(=O)NC2CCN(C(C)C(=O)N3CCC(Cc4ccccc4)CC3)CC2)o1. The minimum absolute atomic E-state index is 0.106. The van der Waals surface area contributed by atoms with E-state index in [0.29, 0.717) is 11.7 Å². The third kappa shape index (κ3) is 5.60. The third-order valence-electron chi connectivity index (χ3n) is 7.03. The number of aryl methyl sites for hydroxylation is 1. The fourth-order valence-electron chi connectivity index (χ4n) is 4.97. The van der Waals surface area contributed by atoms with Crippen molar-refractivity contribution in [2.75, 3.05) is 26.2 Å². The summed E-state index contributed by atoms with van der Waals surface area (Å²) in [5.74, 6) is 1.86. The predicted molar refractivity (Wildman–Crippen MR) is 124 cm³/mol. The van der Waals surface area contributed by atoms with E-state index in [2.05, 4.69) is 45.4 Å². The first kappa shape index (κ1) is 22.6. The van der Waals surface area contributed by atoms with Gasteiger partial charge in [-0.25, -0.2) is 0 Å². The normalized spacial score (nSPS) is 19.6. The minimum Gasteiger partial charge on any atom is -0.456 e. The zero-order valence-electron chi connectivity index (χ0n) is 19.3. The van der Waals surface area contributed by atoms with Gasteiger partial charge in [0.05, 0.1) is 6.04 Å². The van der Waals surface area contributed by atoms with Crippen LogP contribution in [0, 0.1) is 12.8 Å². The first-order valence-corrected chi connectivity index (χ1v) is 11.9. The maximum atomic E-state index is 13.1. The number of rotatable bonds is 6. The summed E-state index contributed by atoms with van der Waals surface area (Å²) in [6.45, 7) is 7.22. The first-order chi connectivity index (χ1) is 15.5. The van der Waals surface area contributed by atoms with Gasteiger partial charge >= 0.3 is 0 Å². The largest absolute Gasteiger partial charge is 0.456 e. The second kappa shape index (κ2) is 10.3. The molecular formula is C26H35N3O3. The Bertz CT molecular complexity index is 894. The van der Waals surface area contributed by atoms with Gasteiger partial charge in [-0.05, 0) is 69.6 Å². The average Bonchev–Trinajstić information content (AvgIpc) is 3.26. The summed E-state index contributed by atoms with van der Waals surface area (Å²) >= 11 is 0. The monoisotopic (exact) mass is 437 g/mol. The lowest BCUT2D eigenvalue weighted by Crippen LogP contribution is -2.53. The van der Waals surface area contributed by atoms with Gasteiger partial charge in [-0.15, -0.1) is 0 Å². The molecule has 1 aromatic carbocycles. The molecule has 0 saturated carbocycles. The number of likely N-dealkylation sites (tertiary alicyclic amines) is 2. The Morgan fingerprint density at radius 2 is 1.69 bits per heavy atom. The second-order valence-corrected chi connectivity index (χ2v) is 9.33. The standard InChI is InChI=1S/C26H35N3O3/c1-19-8-9-24(32-19)25(30)27-23-12-16-28(17-13-23)20(2)26(31)29-14-10-22(11-15-29)18-21-6-4-3-5-7-21/h3-9,20,22-23H,10-18H2,1-2H3,(H,27,30). The molecule has 3 heterocycles. The van der Waals surface area contributed by atoms with E-state index in [9.17, 15) is 9.59 Å². The van der Waals surface area contributed by atoms with E-state index in [1.165, 1.54) is 5.56 Å². The van der Waals surface area contributed by atoms with Crippen LogP contribution in [-0.2, 0) is 11.2 Å². The summed E-state index contributed by atoms with van der Waals surface area (Å²) in [5, 5.41) is 3.07. The van der Waals surface area contributed by atoms with Crippen LogP contribution in [0.1, 0.15) is 54.5 Å². The molecule has 172 valence electrons. The van der Waals surface area contributed by atoms with Crippen molar-refractivity contribution < 1.29 is 14.0 Å². The molecule has 2 amide bonds. The molecule has 1 atom stereocenters. The maximum absolute atomic E-state index is 13.1. The van der Waals surface area contributed by atoms with Crippen LogP contribution in [0.3, 0.4) is 0 Å². The molecule has 6 nitrogen and oxygen atoms in total. The summed E-state index contributed by atoms with van der Waals surface area (Å²) in [4.78, 5) is 29.7. The van der Waals surface area contributed by atoms with Crippen molar-refractivity contribution in [2.24, 2.45) is 5.92 Å². The summed E-state index contributed by atoms with van der Waals surface area (Å²) in [5.41, 5.74) is 1.39. The Kier molecular flexibility index (Phi) is 7.30. The lowest BCUT2D eigenvalue weighted by Gasteiger charge is -2.39. The fraction of sp³-hybridized carbons (Fsp3) is 0.538. The minimum atomic E-state index is -0.154. The van der Waals surface area contributed by atoms with Crippen molar-refractivity contribution >= 4 is 11.8 Å². The van der Waals surface area contributed by atoms with Crippen LogP contribution in [0.5, 0.6) is 0 Å². The zero-order valence-corrected chi connectivity index (χ0v) is 19.3. The number of piperidine rings is 2. The molecule has 2 aromatic rings. The van der Waals surface area contributed by atoms with E-state index in [1.54, 1.807) is 12.1 Å². The van der Waals surface area contributed by atoms with Crippen LogP contribution in [0.15, 0.2) is 46.9 Å². The number of carbonyl (C=O) groups excluding carboxylic acids is 2. The van der Waals surface area contributed by atoms with Crippen LogP contribution < -0.4 is 5.32 Å². The first-order valence-electron chi connectivity index (χ1n) is 11.9. The van der Waals surface area contributed by atoms with Crippen molar-refractivity contribution in [3.05, 3.63) is 59.5 Å². The number of furan rings is 1. The molecule has 2 saturated heterocycles. The number of hydrogen-bond acceptors (Lipinski definition) is 4. The van der Waals surface area contributed by atoms with E-state index in [-0.39, 0.29) is 23.9 Å². The molecule has 32 heavy (non-hydrogen) atoms. The van der Waals surface area contributed by atoms with E-state index in [1.807, 2.05) is 13.8 Å². The van der Waals surface area contributed by atoms with Crippen molar-refractivity contribution in [2.45, 2.75) is 58.0 Å². The Hall–Kier alpha value is -2.60. The van der Waals surface area contributed by atoms with Crippen molar-refractivity contribution in [1.82, 2.24) is 15.1 Å². The maximum Gasteiger partial charge on any atom is 0.287 e. The number of nitrogens with zero attached hydrogens (tertiary/aromatic N) is 2. The highest BCUT2D eigenvalue weighted by Crippen LogP contribution is 2.23. The highest BCUT2D eigenvalue weighted by molar-refractivity contribution is 5.91. The van der Waals surface area contributed by atoms with Gasteiger partial charge in [0.25, 0.3) is 5.91 Å². The molecule has 2 aliphatic heterocycles. The van der Waals surface area contributed by atoms with Crippen LogP contribution >= 0.6 is 0 Å². The topological polar surface area (TPSA) is 65.8 Å². The smallest absolute Gasteiger partial charge is 0.287 e. The number of hydrogen-bond donors (Lipinski definition) is 1. The highest BCUT2D eigenvalue weighted by Gasteiger charge is 2.32. The van der Waals surface area contributed by atoms with E-state index < -0.39 is 0 Å². The van der Waals surface area contributed by atoms with Crippen LogP contribution in [0.25, 0.3) is 0 Å². The van der Waals surface area contributed by atoms with Gasteiger partial charge in [0.2, 0.25) is 5.91 Å². The Morgan fingerprint density at radius 1 is 1.00 bits per heavy atom. The van der Waals surface area contributed by atoms with Crippen molar-refractivity contribution in [1.29, 1.82) is 0 Å². The molecule has 2 aliphatic rings. The molecule has 1 N–H and O–H groups in total. The van der Waals surface area contributed by atoms with Gasteiger partial charge in [0, 0.05) is 32.2 Å². The number of benzene rings is 1. The lowest BCUT2D eigenvalue weighted by molar-refractivity contribution is -0.138. The van der Waals surface area contributed by atoms with Gasteiger partial charge in [0.1, 0.15) is 5.76 Å². The molecule has 1 unspecified atom stereocenters. The van der Waals surface area contributed by atoms with Gasteiger partial charge in [0.15, 0.2) is 5.76 Å². The molecule has 0 radical (unpaired) electrons. The highest BCUT2D eigenvalue weighted by atomic mass is 16.3. The quantitative estimate of drug-likeness (QED) is 0.749. The predicted octanol–water partition coefficient (Wildman–Crippen LogP) is 3.65. The van der Waals surface area contributed by atoms with Crippen molar-refractivity contribution in [3.8, 4) is 0 Å². The number of amides is 2. The summed E-state index contributed by atoms with van der Waals surface area (Å²) in [6.07, 6.45) is 4.96. The Labute approximate surface area is 191 Å². The Balaban J connectivity index is 1.20. The molecule has 2 fully saturated rings. The summed E-state index contributed by atoms with van der Waals surface area (Å²) in [6, 6.07) is 14.2. The molecule has 4 rings (SSSR count). The van der Waals surface area contributed by atoms with Crippen LogP contribution in [0.4, 0.5) is 0 Å². The van der Waals surface area contributed by atoms with Gasteiger partial charge in [-0.2, -0.15) is 0 Å². The van der Waals surface area contributed by atoms with Crippen LogP contribution in [0.2, 0.25) is 0 Å². The lowest BCUT2D eigenvalue weighted by atomic mass is 9.90. The van der Waals surface area contributed by atoms with Gasteiger partial charge in [-0.3, -0.25) is 14.5 Å². The van der Waals surface area contributed by atoms with E-state index in [0.717, 1.165) is 64.0 Å². The molecule has 0 spiro atoms. The van der Waals surface area contributed by atoms with Crippen molar-refractivity contribution in [3.63, 3.8) is 0 Å². The third-order valence-corrected chi connectivity index (χ3v) is 7.03. The number of carbonyl (C=O) groups is 2. The molecule has 0 aliphatic carbocycles. The number of nitrogens with one attached hydrogen (secondary N) is 1. The molecule has 1 aromatic heterocycles. The summed E-state index contributed by atoms with van der Waals surface area (Å²) < 4.78 is 5.41. The molecule has 6 heteroatoms. The fourth-order valence-corrected chi connectivity index (χ4v) is 4.97. The Morgan fingerprint density at radius 3 is 2.31 bits per heavy atom. The van der Waals surface area contributed by atoms with Gasteiger partial charge < -0.3 is 14.6 Å². The van der Waals surface area contributed by atoms with E-state index >= 15 is 0 Å². The molecule has 0 bridgehead atoms. The average molecular weight is 438 g/mol. The molecular weight excluding hydrogens is 402 g/mol.